The highest BCUT2D eigenvalue weighted by atomic mass is 15.2. The summed E-state index contributed by atoms with van der Waals surface area (Å²) in [6.45, 7) is 9.40. The topological polar surface area (TPSA) is 27.0 Å². The summed E-state index contributed by atoms with van der Waals surface area (Å²) < 4.78 is 0. The Bertz CT molecular complexity index is 440. The lowest BCUT2D eigenvalue weighted by atomic mass is 10.0. The van der Waals surface area contributed by atoms with Gasteiger partial charge in [0.05, 0.1) is 6.07 Å². The number of nitrogens with zero attached hydrogens (tertiary/aromatic N) is 2. The third kappa shape index (κ3) is 4.21. The Morgan fingerprint density at radius 3 is 2.35 bits per heavy atom. The van der Waals surface area contributed by atoms with Gasteiger partial charge in [-0.3, -0.25) is 4.90 Å². The molecular formula is C18H26N2. The van der Waals surface area contributed by atoms with E-state index in [1.807, 2.05) is 32.1 Å². The summed E-state index contributed by atoms with van der Waals surface area (Å²) in [7, 11) is 0. The third-order valence-corrected chi connectivity index (χ3v) is 3.98. The van der Waals surface area contributed by atoms with E-state index in [4.69, 9.17) is 0 Å². The van der Waals surface area contributed by atoms with Gasteiger partial charge in [0.2, 0.25) is 0 Å². The van der Waals surface area contributed by atoms with E-state index in [0.717, 1.165) is 13.0 Å². The van der Waals surface area contributed by atoms with Crippen molar-refractivity contribution in [2.24, 2.45) is 5.92 Å². The van der Waals surface area contributed by atoms with Gasteiger partial charge in [0.15, 0.2) is 0 Å². The summed E-state index contributed by atoms with van der Waals surface area (Å²) in [4.78, 5) is 2.32. The molecule has 1 heterocycles. The molecule has 0 spiro atoms. The molecule has 3 unspecified atom stereocenters. The highest BCUT2D eigenvalue weighted by Gasteiger charge is 2.34. The lowest BCUT2D eigenvalue weighted by Gasteiger charge is -2.28. The Hall–Kier alpha value is -1.59. The van der Waals surface area contributed by atoms with E-state index in [-0.39, 0.29) is 6.04 Å². The summed E-state index contributed by atoms with van der Waals surface area (Å²) in [5.74, 6) is 0.496. The van der Waals surface area contributed by atoms with Crippen molar-refractivity contribution in [2.75, 3.05) is 6.54 Å². The maximum Gasteiger partial charge on any atom is 0.101 e. The van der Waals surface area contributed by atoms with E-state index in [2.05, 4.69) is 49.1 Å². The van der Waals surface area contributed by atoms with E-state index < -0.39 is 0 Å². The number of likely N-dealkylation sites (tertiary alicyclic amines) is 1. The molecule has 20 heavy (non-hydrogen) atoms. The molecule has 1 saturated heterocycles. The fourth-order valence-corrected chi connectivity index (χ4v) is 2.54. The number of allylic oxidation sites excluding steroid dienone is 2. The lowest BCUT2D eigenvalue weighted by Crippen LogP contribution is -2.33. The standard InChI is InChI=1S/C14H18N2.C4H8/c1-11-8-9-16(14(11)10-15)12(2)13-6-4-3-5-7-13;1-3-4-2/h3-7,11-12,14H,8-9H2,1-2H3;3-4H,1-2H3/b;4-3-. The quantitative estimate of drug-likeness (QED) is 0.736. The fourth-order valence-electron chi connectivity index (χ4n) is 2.54. The molecule has 0 radical (unpaired) electrons. The molecule has 1 aromatic carbocycles. The molecule has 0 aromatic heterocycles. The Labute approximate surface area is 123 Å². The van der Waals surface area contributed by atoms with E-state index in [9.17, 15) is 5.26 Å². The first-order valence-corrected chi connectivity index (χ1v) is 7.43. The molecule has 0 saturated carbocycles. The van der Waals surface area contributed by atoms with Crippen LogP contribution in [-0.2, 0) is 0 Å². The summed E-state index contributed by atoms with van der Waals surface area (Å²) >= 11 is 0. The van der Waals surface area contributed by atoms with Crippen LogP contribution in [0.4, 0.5) is 0 Å². The highest BCUT2D eigenvalue weighted by Crippen LogP contribution is 2.31. The monoisotopic (exact) mass is 270 g/mol. The van der Waals surface area contributed by atoms with E-state index in [0.29, 0.717) is 12.0 Å². The van der Waals surface area contributed by atoms with Crippen LogP contribution in [0.2, 0.25) is 0 Å². The van der Waals surface area contributed by atoms with Crippen molar-refractivity contribution in [3.05, 3.63) is 48.0 Å². The van der Waals surface area contributed by atoms with Gasteiger partial charge in [-0.2, -0.15) is 5.26 Å². The Morgan fingerprint density at radius 2 is 1.85 bits per heavy atom. The Balaban J connectivity index is 0.000000444. The first-order chi connectivity index (χ1) is 9.65. The number of hydrogen-bond donors (Lipinski definition) is 0. The predicted molar refractivity (Wildman–Crippen MR) is 85.2 cm³/mol. The molecule has 1 fully saturated rings. The first kappa shape index (κ1) is 16.5. The summed E-state index contributed by atoms with van der Waals surface area (Å²) in [5.41, 5.74) is 1.30. The lowest BCUT2D eigenvalue weighted by molar-refractivity contribution is 0.213. The largest absolute Gasteiger partial charge is 0.281 e. The molecule has 0 aliphatic carbocycles. The van der Waals surface area contributed by atoms with Gasteiger partial charge in [-0.25, -0.2) is 0 Å². The van der Waals surface area contributed by atoms with Crippen molar-refractivity contribution in [1.82, 2.24) is 4.90 Å². The van der Waals surface area contributed by atoms with Crippen LogP contribution in [0.3, 0.4) is 0 Å². The molecule has 2 heteroatoms. The van der Waals surface area contributed by atoms with Gasteiger partial charge < -0.3 is 0 Å². The zero-order valence-electron chi connectivity index (χ0n) is 13.1. The molecule has 2 rings (SSSR count). The van der Waals surface area contributed by atoms with E-state index in [1.165, 1.54) is 5.56 Å². The van der Waals surface area contributed by atoms with Gasteiger partial charge in [0.1, 0.15) is 6.04 Å². The van der Waals surface area contributed by atoms with Crippen LogP contribution in [0.5, 0.6) is 0 Å². The van der Waals surface area contributed by atoms with Crippen molar-refractivity contribution in [2.45, 2.75) is 46.2 Å². The molecular weight excluding hydrogens is 244 g/mol. The summed E-state index contributed by atoms with van der Waals surface area (Å²) in [5, 5.41) is 9.21. The van der Waals surface area contributed by atoms with Crippen LogP contribution in [0, 0.1) is 17.2 Å². The minimum absolute atomic E-state index is 0.0789. The van der Waals surface area contributed by atoms with Gasteiger partial charge >= 0.3 is 0 Å². The minimum Gasteiger partial charge on any atom is -0.281 e. The van der Waals surface area contributed by atoms with Crippen molar-refractivity contribution in [3.8, 4) is 6.07 Å². The third-order valence-electron chi connectivity index (χ3n) is 3.98. The average molecular weight is 270 g/mol. The molecule has 1 aliphatic rings. The van der Waals surface area contributed by atoms with Crippen LogP contribution in [0.25, 0.3) is 0 Å². The van der Waals surface area contributed by atoms with E-state index in [1.54, 1.807) is 0 Å². The minimum atomic E-state index is 0.0789. The molecule has 3 atom stereocenters. The van der Waals surface area contributed by atoms with E-state index >= 15 is 0 Å². The SMILES string of the molecule is C/C=C\C.CC1CCN(C(C)c2ccccc2)C1C#N. The van der Waals surface area contributed by atoms with Gasteiger partial charge in [-0.15, -0.1) is 0 Å². The number of nitriles is 1. The average Bonchev–Trinajstić information content (AvgIpc) is 2.88. The van der Waals surface area contributed by atoms with Crippen molar-refractivity contribution in [3.63, 3.8) is 0 Å². The van der Waals surface area contributed by atoms with Crippen molar-refractivity contribution >= 4 is 0 Å². The molecule has 0 N–H and O–H groups in total. The van der Waals surface area contributed by atoms with Gasteiger partial charge in [0, 0.05) is 12.6 Å². The molecule has 0 bridgehead atoms. The molecule has 1 aromatic rings. The first-order valence-electron chi connectivity index (χ1n) is 7.43. The smallest absolute Gasteiger partial charge is 0.101 e. The Kier molecular flexibility index (Phi) is 7.04. The molecule has 0 amide bonds. The molecule has 108 valence electrons. The number of hydrogen-bond acceptors (Lipinski definition) is 2. The zero-order chi connectivity index (χ0) is 15.0. The number of rotatable bonds is 2. The normalized spacial score (nSPS) is 23.9. The maximum absolute atomic E-state index is 9.21. The van der Waals surface area contributed by atoms with Crippen LogP contribution in [0.1, 0.15) is 45.7 Å². The molecule has 1 aliphatic heterocycles. The van der Waals surface area contributed by atoms with Crippen LogP contribution >= 0.6 is 0 Å². The molecule has 2 nitrogen and oxygen atoms in total. The van der Waals surface area contributed by atoms with Crippen molar-refractivity contribution in [1.29, 1.82) is 5.26 Å². The van der Waals surface area contributed by atoms with Gasteiger partial charge in [-0.05, 0) is 38.7 Å². The predicted octanol–water partition coefficient (Wildman–Crippen LogP) is 4.56. The van der Waals surface area contributed by atoms with Crippen LogP contribution < -0.4 is 0 Å². The maximum atomic E-state index is 9.21. The second-order valence-electron chi connectivity index (χ2n) is 5.33. The van der Waals surface area contributed by atoms with Crippen LogP contribution in [0.15, 0.2) is 42.5 Å². The van der Waals surface area contributed by atoms with Crippen LogP contribution in [-0.4, -0.2) is 17.5 Å². The van der Waals surface area contributed by atoms with Gasteiger partial charge in [0.25, 0.3) is 0 Å². The summed E-state index contributed by atoms with van der Waals surface area (Å²) in [6.07, 6.45) is 5.13. The van der Waals surface area contributed by atoms with Gasteiger partial charge in [-0.1, -0.05) is 49.4 Å². The second-order valence-corrected chi connectivity index (χ2v) is 5.33. The zero-order valence-corrected chi connectivity index (χ0v) is 13.1. The second kappa shape index (κ2) is 8.55. The number of benzene rings is 1. The van der Waals surface area contributed by atoms with Crippen molar-refractivity contribution < 1.29 is 0 Å². The fraction of sp³-hybridized carbons (Fsp3) is 0.500. The highest BCUT2D eigenvalue weighted by molar-refractivity contribution is 5.20. The summed E-state index contributed by atoms with van der Waals surface area (Å²) in [6, 6.07) is 13.3. The Morgan fingerprint density at radius 1 is 1.25 bits per heavy atom.